The van der Waals surface area contributed by atoms with Crippen LogP contribution in [0.1, 0.15) is 9.67 Å². The molecule has 1 aromatic heterocycles. The number of thiophene rings is 1. The van der Waals surface area contributed by atoms with Gasteiger partial charge in [-0.25, -0.2) is 4.79 Å². The van der Waals surface area contributed by atoms with E-state index in [1.165, 1.54) is 11.3 Å². The van der Waals surface area contributed by atoms with Gasteiger partial charge in [0.1, 0.15) is 17.2 Å². The Balaban J connectivity index is 1.57. The Hall–Kier alpha value is -1.63. The number of carbonyl (C=O) groups is 1. The lowest BCUT2D eigenvalue weighted by atomic mass is 10.2. The molecule has 0 N–H and O–H groups in total. The smallest absolute Gasteiger partial charge is 0.348 e. The number of hydrogen-bond acceptors (Lipinski definition) is 6. The fraction of sp³-hybridized carbons (Fsp3) is 0.438. The van der Waals surface area contributed by atoms with Gasteiger partial charge >= 0.3 is 5.97 Å². The number of ether oxygens (including phenoxy) is 3. The third-order valence-corrected chi connectivity index (χ3v) is 4.75. The average Bonchev–Trinajstić information content (AvgIpc) is 2.99. The lowest BCUT2D eigenvalue weighted by Crippen LogP contribution is -2.38. The first-order valence-electron chi connectivity index (χ1n) is 7.31. The van der Waals surface area contributed by atoms with Crippen LogP contribution in [0.5, 0.6) is 5.75 Å². The Bertz CT molecular complexity index is 649. The molecule has 5 nitrogen and oxygen atoms in total. The summed E-state index contributed by atoms with van der Waals surface area (Å²) in [6.07, 6.45) is 0. The van der Waals surface area contributed by atoms with Crippen molar-refractivity contribution in [3.8, 4) is 5.75 Å². The van der Waals surface area contributed by atoms with Crippen molar-refractivity contribution in [2.45, 2.75) is 0 Å². The van der Waals surface area contributed by atoms with Crippen LogP contribution in [0.2, 0.25) is 0 Å². The minimum absolute atomic E-state index is 0.256. The predicted octanol–water partition coefficient (Wildman–Crippen LogP) is 2.40. The number of fused-ring (bicyclic) bond motifs is 1. The van der Waals surface area contributed by atoms with Crippen LogP contribution in [-0.2, 0) is 9.47 Å². The van der Waals surface area contributed by atoms with E-state index in [9.17, 15) is 4.79 Å². The second-order valence-electron chi connectivity index (χ2n) is 5.10. The van der Waals surface area contributed by atoms with Gasteiger partial charge in [0, 0.05) is 24.3 Å². The molecule has 2 aromatic rings. The van der Waals surface area contributed by atoms with E-state index >= 15 is 0 Å². The number of esters is 1. The highest BCUT2D eigenvalue weighted by molar-refractivity contribution is 7.20. The fourth-order valence-corrected chi connectivity index (χ4v) is 3.39. The van der Waals surface area contributed by atoms with Crippen molar-refractivity contribution in [2.75, 3.05) is 46.6 Å². The summed E-state index contributed by atoms with van der Waals surface area (Å²) in [6, 6.07) is 7.65. The summed E-state index contributed by atoms with van der Waals surface area (Å²) in [6.45, 7) is 4.49. The molecule has 0 bridgehead atoms. The van der Waals surface area contributed by atoms with E-state index in [1.54, 1.807) is 7.11 Å². The highest BCUT2D eigenvalue weighted by Crippen LogP contribution is 2.29. The average molecular weight is 321 g/mol. The van der Waals surface area contributed by atoms with Gasteiger partial charge in [0.15, 0.2) is 0 Å². The largest absolute Gasteiger partial charge is 0.497 e. The Labute approximate surface area is 133 Å². The molecule has 1 aliphatic rings. The van der Waals surface area contributed by atoms with Crippen molar-refractivity contribution >= 4 is 27.4 Å². The first kappa shape index (κ1) is 15.3. The van der Waals surface area contributed by atoms with E-state index in [2.05, 4.69) is 4.90 Å². The molecule has 1 aliphatic heterocycles. The van der Waals surface area contributed by atoms with Gasteiger partial charge in [-0.2, -0.15) is 0 Å². The molecule has 0 unspecified atom stereocenters. The summed E-state index contributed by atoms with van der Waals surface area (Å²) in [4.78, 5) is 15.0. The van der Waals surface area contributed by atoms with E-state index < -0.39 is 0 Å². The van der Waals surface area contributed by atoms with Gasteiger partial charge in [0.25, 0.3) is 0 Å². The molecule has 22 heavy (non-hydrogen) atoms. The molecule has 118 valence electrons. The van der Waals surface area contributed by atoms with Crippen LogP contribution in [0, 0.1) is 0 Å². The van der Waals surface area contributed by atoms with Crippen molar-refractivity contribution in [3.05, 3.63) is 29.1 Å². The van der Waals surface area contributed by atoms with E-state index in [0.29, 0.717) is 11.5 Å². The molecule has 0 radical (unpaired) electrons. The molecule has 0 amide bonds. The monoisotopic (exact) mass is 321 g/mol. The Morgan fingerprint density at radius 3 is 2.91 bits per heavy atom. The van der Waals surface area contributed by atoms with Gasteiger partial charge in [0.05, 0.1) is 20.3 Å². The van der Waals surface area contributed by atoms with Crippen LogP contribution in [0.15, 0.2) is 24.3 Å². The number of benzene rings is 1. The zero-order valence-electron chi connectivity index (χ0n) is 12.5. The second kappa shape index (κ2) is 7.09. The van der Waals surface area contributed by atoms with E-state index in [0.717, 1.165) is 48.7 Å². The summed E-state index contributed by atoms with van der Waals surface area (Å²) >= 11 is 1.43. The third kappa shape index (κ3) is 3.58. The lowest BCUT2D eigenvalue weighted by Gasteiger charge is -2.26. The van der Waals surface area contributed by atoms with E-state index in [4.69, 9.17) is 14.2 Å². The summed E-state index contributed by atoms with van der Waals surface area (Å²) in [5, 5.41) is 1.03. The summed E-state index contributed by atoms with van der Waals surface area (Å²) in [7, 11) is 1.63. The van der Waals surface area contributed by atoms with Crippen molar-refractivity contribution in [1.29, 1.82) is 0 Å². The van der Waals surface area contributed by atoms with Crippen LogP contribution in [-0.4, -0.2) is 57.4 Å². The minimum atomic E-state index is -0.256. The van der Waals surface area contributed by atoms with Crippen LogP contribution in [0.4, 0.5) is 0 Å². The van der Waals surface area contributed by atoms with Crippen molar-refractivity contribution in [1.82, 2.24) is 4.90 Å². The first-order valence-corrected chi connectivity index (χ1v) is 8.13. The van der Waals surface area contributed by atoms with Crippen molar-refractivity contribution < 1.29 is 19.0 Å². The molecule has 2 heterocycles. The van der Waals surface area contributed by atoms with Gasteiger partial charge in [-0.3, -0.25) is 4.90 Å². The molecule has 1 saturated heterocycles. The SMILES string of the molecule is COc1ccc2cc(C(=O)OCCN3CCOCC3)sc2c1. The molecular formula is C16H19NO4S. The number of carbonyl (C=O) groups excluding carboxylic acids is 1. The van der Waals surface area contributed by atoms with Gasteiger partial charge in [-0.1, -0.05) is 0 Å². The fourth-order valence-electron chi connectivity index (χ4n) is 2.40. The summed E-state index contributed by atoms with van der Waals surface area (Å²) in [5.74, 6) is 0.537. The maximum Gasteiger partial charge on any atom is 0.348 e. The van der Waals surface area contributed by atoms with E-state index in [-0.39, 0.29) is 5.97 Å². The number of morpholine rings is 1. The Morgan fingerprint density at radius 1 is 1.32 bits per heavy atom. The predicted molar refractivity (Wildman–Crippen MR) is 85.9 cm³/mol. The molecule has 0 aliphatic carbocycles. The molecule has 1 aromatic carbocycles. The topological polar surface area (TPSA) is 48.0 Å². The van der Waals surface area contributed by atoms with Gasteiger partial charge in [0.2, 0.25) is 0 Å². The van der Waals surface area contributed by atoms with Crippen molar-refractivity contribution in [2.24, 2.45) is 0 Å². The minimum Gasteiger partial charge on any atom is -0.497 e. The summed E-state index contributed by atoms with van der Waals surface area (Å²) in [5.41, 5.74) is 0. The van der Waals surface area contributed by atoms with Gasteiger partial charge in [-0.15, -0.1) is 11.3 Å². The van der Waals surface area contributed by atoms with Crippen LogP contribution in [0.3, 0.4) is 0 Å². The molecule has 0 saturated carbocycles. The Morgan fingerprint density at radius 2 is 2.14 bits per heavy atom. The van der Waals surface area contributed by atoms with Crippen LogP contribution in [0.25, 0.3) is 10.1 Å². The number of methoxy groups -OCH3 is 1. The normalized spacial score (nSPS) is 15.9. The third-order valence-electron chi connectivity index (χ3n) is 3.67. The van der Waals surface area contributed by atoms with Crippen molar-refractivity contribution in [3.63, 3.8) is 0 Å². The van der Waals surface area contributed by atoms with E-state index in [1.807, 2.05) is 24.3 Å². The molecule has 0 spiro atoms. The standard InChI is InChI=1S/C16H19NO4S/c1-19-13-3-2-12-10-15(22-14(12)11-13)16(18)21-9-6-17-4-7-20-8-5-17/h2-3,10-11H,4-9H2,1H3. The molecule has 6 heteroatoms. The number of nitrogens with zero attached hydrogens (tertiary/aromatic N) is 1. The quantitative estimate of drug-likeness (QED) is 0.792. The van der Waals surface area contributed by atoms with Crippen LogP contribution < -0.4 is 4.74 Å². The Kier molecular flexibility index (Phi) is 4.92. The maximum atomic E-state index is 12.1. The molecule has 1 fully saturated rings. The molecular weight excluding hydrogens is 302 g/mol. The lowest BCUT2D eigenvalue weighted by molar-refractivity contribution is 0.0197. The highest BCUT2D eigenvalue weighted by Gasteiger charge is 2.14. The first-order chi connectivity index (χ1) is 10.8. The molecule has 3 rings (SSSR count). The maximum absolute atomic E-state index is 12.1. The summed E-state index contributed by atoms with van der Waals surface area (Å²) < 4.78 is 16.9. The molecule has 0 atom stereocenters. The zero-order chi connectivity index (χ0) is 15.4. The number of rotatable bonds is 5. The van der Waals surface area contributed by atoms with Gasteiger partial charge < -0.3 is 14.2 Å². The van der Waals surface area contributed by atoms with Gasteiger partial charge in [-0.05, 0) is 29.7 Å². The number of hydrogen-bond donors (Lipinski definition) is 0. The second-order valence-corrected chi connectivity index (χ2v) is 6.19. The zero-order valence-corrected chi connectivity index (χ0v) is 13.4. The highest BCUT2D eigenvalue weighted by atomic mass is 32.1. The van der Waals surface area contributed by atoms with Crippen LogP contribution >= 0.6 is 11.3 Å².